The summed E-state index contributed by atoms with van der Waals surface area (Å²) in [6, 6.07) is 3.27. The fourth-order valence-electron chi connectivity index (χ4n) is 4.41. The molecule has 5 rings (SSSR count). The van der Waals surface area contributed by atoms with Crippen LogP contribution in [0.1, 0.15) is 28.1 Å². The zero-order valence-electron chi connectivity index (χ0n) is 17.1. The van der Waals surface area contributed by atoms with Crippen LogP contribution in [0.5, 0.6) is 0 Å². The number of fused-ring (bicyclic) bond motifs is 1. The highest BCUT2D eigenvalue weighted by molar-refractivity contribution is 5.96. The number of rotatable bonds is 6. The monoisotopic (exact) mass is 424 g/mol. The third-order valence-corrected chi connectivity index (χ3v) is 6.04. The smallest absolute Gasteiger partial charge is 0.274 e. The quantitative estimate of drug-likeness (QED) is 0.439. The van der Waals surface area contributed by atoms with Crippen molar-refractivity contribution in [1.29, 1.82) is 0 Å². The average Bonchev–Trinajstić information content (AvgIpc) is 3.18. The van der Waals surface area contributed by atoms with Crippen molar-refractivity contribution in [3.63, 3.8) is 0 Å². The van der Waals surface area contributed by atoms with Crippen molar-refractivity contribution in [3.8, 4) is 0 Å². The maximum Gasteiger partial charge on any atom is 0.274 e. The van der Waals surface area contributed by atoms with Crippen molar-refractivity contribution in [1.82, 2.24) is 29.6 Å². The molecule has 0 bridgehead atoms. The van der Waals surface area contributed by atoms with Gasteiger partial charge in [-0.3, -0.25) is 4.79 Å². The number of amides is 1. The van der Waals surface area contributed by atoms with E-state index >= 15 is 0 Å². The number of aromatic nitrogens is 5. The molecule has 3 aromatic heterocycles. The Hall–Kier alpha value is -3.63. The van der Waals surface area contributed by atoms with Gasteiger partial charge in [0.1, 0.15) is 6.54 Å². The first-order chi connectivity index (χ1) is 15.0. The molecular formula is C20H21FN8O2. The summed E-state index contributed by atoms with van der Waals surface area (Å²) >= 11 is 0. The molecule has 11 heteroatoms. The minimum Gasteiger partial charge on any atom is -0.371 e. The van der Waals surface area contributed by atoms with Crippen LogP contribution in [0, 0.1) is 17.8 Å². The van der Waals surface area contributed by atoms with Gasteiger partial charge in [-0.25, -0.2) is 15.0 Å². The highest BCUT2D eigenvalue weighted by atomic mass is 19.1. The van der Waals surface area contributed by atoms with Gasteiger partial charge in [0.05, 0.1) is 6.33 Å². The number of halogens is 1. The maximum atomic E-state index is 13.4. The molecule has 31 heavy (non-hydrogen) atoms. The number of aryl methyl sites for hydroxylation is 1. The first-order valence-electron chi connectivity index (χ1n) is 9.88. The number of carbonyl (C=O) groups is 1. The maximum absolute atomic E-state index is 13.4. The van der Waals surface area contributed by atoms with Crippen LogP contribution in [0.4, 0.5) is 15.9 Å². The van der Waals surface area contributed by atoms with E-state index in [1.807, 2.05) is 6.07 Å². The highest BCUT2D eigenvalue weighted by Crippen LogP contribution is 2.57. The third kappa shape index (κ3) is 3.35. The molecule has 1 saturated heterocycles. The van der Waals surface area contributed by atoms with E-state index in [0.29, 0.717) is 29.2 Å². The molecule has 0 N–H and O–H groups in total. The molecule has 0 spiro atoms. The van der Waals surface area contributed by atoms with Crippen LogP contribution in [-0.2, 0) is 13.6 Å². The second kappa shape index (κ2) is 7.25. The van der Waals surface area contributed by atoms with Crippen LogP contribution in [0.25, 0.3) is 0 Å². The second-order valence-corrected chi connectivity index (χ2v) is 7.99. The molecule has 3 aromatic rings. The van der Waals surface area contributed by atoms with E-state index in [1.54, 1.807) is 18.7 Å². The lowest BCUT2D eigenvalue weighted by Gasteiger charge is -2.21. The molecule has 1 aliphatic heterocycles. The third-order valence-electron chi connectivity index (χ3n) is 6.04. The van der Waals surface area contributed by atoms with Gasteiger partial charge in [0.2, 0.25) is 11.8 Å². The lowest BCUT2D eigenvalue weighted by molar-refractivity contribution is 0.0761. The molecule has 1 aliphatic carbocycles. The molecule has 10 nitrogen and oxygen atoms in total. The standard InChI is InChI=1S/C20H21FN8O2/c1-22-19-17(28(3)10-24-19)20(30)27(2)9-15-25-18(26-31-15)16-12-7-29(8-13(12)16)11-4-5-23-14(21)6-11/h4-6,10,12-13,16H,1,7-9H2,2-3H3/t12-,13+,16+. The Morgan fingerprint density at radius 1 is 1.39 bits per heavy atom. The summed E-state index contributed by atoms with van der Waals surface area (Å²) < 4.78 is 20.4. The van der Waals surface area contributed by atoms with Crippen molar-refractivity contribution in [2.24, 2.45) is 23.9 Å². The molecule has 1 amide bonds. The van der Waals surface area contributed by atoms with Crippen molar-refractivity contribution in [2.75, 3.05) is 25.0 Å². The first-order valence-corrected chi connectivity index (χ1v) is 9.88. The summed E-state index contributed by atoms with van der Waals surface area (Å²) in [4.78, 5) is 32.4. The summed E-state index contributed by atoms with van der Waals surface area (Å²) in [7, 11) is 3.38. The normalized spacial score (nSPS) is 21.8. The van der Waals surface area contributed by atoms with Gasteiger partial charge in [-0.2, -0.15) is 9.37 Å². The summed E-state index contributed by atoms with van der Waals surface area (Å²) in [5.41, 5.74) is 1.19. The Kier molecular flexibility index (Phi) is 4.53. The van der Waals surface area contributed by atoms with E-state index < -0.39 is 5.95 Å². The SMILES string of the molecule is C=Nc1ncn(C)c1C(=O)N(C)Cc1nc([C@H]2[C@@H]3CN(c4ccnc(F)c4)C[C@@H]32)no1. The lowest BCUT2D eigenvalue weighted by Crippen LogP contribution is -2.28. The van der Waals surface area contributed by atoms with Crippen molar-refractivity contribution < 1.29 is 13.7 Å². The lowest BCUT2D eigenvalue weighted by atomic mass is 10.2. The van der Waals surface area contributed by atoms with Gasteiger partial charge in [0.25, 0.3) is 5.91 Å². The van der Waals surface area contributed by atoms with Gasteiger partial charge in [-0.15, -0.1) is 0 Å². The van der Waals surface area contributed by atoms with Crippen LogP contribution in [0.3, 0.4) is 0 Å². The first kappa shape index (κ1) is 19.3. The van der Waals surface area contributed by atoms with Crippen LogP contribution < -0.4 is 4.90 Å². The van der Waals surface area contributed by atoms with E-state index in [-0.39, 0.29) is 24.2 Å². The number of piperidine rings is 1. The zero-order chi connectivity index (χ0) is 21.7. The Balaban J connectivity index is 1.21. The number of imidazole rings is 1. The molecule has 0 aromatic carbocycles. The molecule has 160 valence electrons. The van der Waals surface area contributed by atoms with Gasteiger partial charge in [-0.05, 0) is 24.6 Å². The summed E-state index contributed by atoms with van der Waals surface area (Å²) in [6.45, 7) is 5.27. The van der Waals surface area contributed by atoms with Crippen molar-refractivity contribution >= 4 is 24.1 Å². The zero-order valence-corrected chi connectivity index (χ0v) is 17.1. The Bertz CT molecular complexity index is 1150. The largest absolute Gasteiger partial charge is 0.371 e. The van der Waals surface area contributed by atoms with E-state index in [4.69, 9.17) is 4.52 Å². The van der Waals surface area contributed by atoms with Gasteiger partial charge >= 0.3 is 0 Å². The van der Waals surface area contributed by atoms with E-state index in [0.717, 1.165) is 18.8 Å². The topological polar surface area (TPSA) is 106 Å². The second-order valence-electron chi connectivity index (χ2n) is 7.99. The molecule has 0 unspecified atom stereocenters. The molecule has 1 saturated carbocycles. The Morgan fingerprint density at radius 3 is 2.87 bits per heavy atom. The van der Waals surface area contributed by atoms with Crippen LogP contribution in [-0.4, -0.2) is 62.3 Å². The minimum atomic E-state index is -0.474. The number of carbonyl (C=O) groups excluding carboxylic acids is 1. The van der Waals surface area contributed by atoms with Crippen LogP contribution >= 0.6 is 0 Å². The Labute approximate surface area is 177 Å². The van der Waals surface area contributed by atoms with E-state index in [9.17, 15) is 9.18 Å². The predicted molar refractivity (Wildman–Crippen MR) is 109 cm³/mol. The molecule has 2 fully saturated rings. The Morgan fingerprint density at radius 2 is 2.16 bits per heavy atom. The summed E-state index contributed by atoms with van der Waals surface area (Å²) in [5.74, 6) is 1.65. The van der Waals surface area contributed by atoms with Crippen LogP contribution in [0.2, 0.25) is 0 Å². The fourth-order valence-corrected chi connectivity index (χ4v) is 4.41. The predicted octanol–water partition coefficient (Wildman–Crippen LogP) is 1.79. The summed E-state index contributed by atoms with van der Waals surface area (Å²) in [5, 5.41) is 4.14. The van der Waals surface area contributed by atoms with E-state index in [1.165, 1.54) is 23.5 Å². The molecular weight excluding hydrogens is 403 g/mol. The van der Waals surface area contributed by atoms with E-state index in [2.05, 4.69) is 36.7 Å². The van der Waals surface area contributed by atoms with Gasteiger partial charge in [0, 0.05) is 51.1 Å². The molecule has 0 radical (unpaired) electrons. The fraction of sp³-hybridized carbons (Fsp3) is 0.400. The number of nitrogens with zero attached hydrogens (tertiary/aromatic N) is 8. The van der Waals surface area contributed by atoms with Gasteiger partial charge in [-0.1, -0.05) is 5.16 Å². The number of hydrogen-bond donors (Lipinski definition) is 0. The minimum absolute atomic E-state index is 0.179. The number of anilines is 1. The molecule has 3 atom stereocenters. The van der Waals surface area contributed by atoms with Gasteiger partial charge < -0.3 is 18.9 Å². The van der Waals surface area contributed by atoms with Crippen LogP contribution in [0.15, 0.2) is 34.2 Å². The van der Waals surface area contributed by atoms with Crippen molar-refractivity contribution in [2.45, 2.75) is 12.5 Å². The molecule has 4 heterocycles. The number of aliphatic imine (C=N–C) groups is 1. The number of pyridine rings is 1. The highest BCUT2D eigenvalue weighted by Gasteiger charge is 2.58. The number of hydrogen-bond acceptors (Lipinski definition) is 8. The summed E-state index contributed by atoms with van der Waals surface area (Å²) in [6.07, 6.45) is 3.00. The van der Waals surface area contributed by atoms with Crippen molar-refractivity contribution in [3.05, 3.63) is 48.0 Å². The molecule has 2 aliphatic rings. The average molecular weight is 424 g/mol. The van der Waals surface area contributed by atoms with Gasteiger partial charge in [0.15, 0.2) is 17.3 Å².